The van der Waals surface area contributed by atoms with Crippen LogP contribution >= 0.6 is 0 Å². The van der Waals surface area contributed by atoms with Crippen LogP contribution in [0.3, 0.4) is 0 Å². The minimum Gasteiger partial charge on any atom is -0.409 e. The highest BCUT2D eigenvalue weighted by atomic mass is 19.4. The lowest BCUT2D eigenvalue weighted by Gasteiger charge is -2.15. The van der Waals surface area contributed by atoms with E-state index in [9.17, 15) is 13.2 Å². The average Bonchev–Trinajstić information content (AvgIpc) is 2.09. The Labute approximate surface area is 80.0 Å². The van der Waals surface area contributed by atoms with Crippen LogP contribution in [0, 0.1) is 0 Å². The molecule has 0 rings (SSSR count). The summed E-state index contributed by atoms with van der Waals surface area (Å²) in [6.07, 6.45) is -4.65. The molecule has 84 valence electrons. The third-order valence-corrected chi connectivity index (χ3v) is 1.68. The van der Waals surface area contributed by atoms with Gasteiger partial charge in [0.25, 0.3) is 0 Å². The third kappa shape index (κ3) is 5.63. The molecule has 0 heterocycles. The van der Waals surface area contributed by atoms with E-state index in [4.69, 9.17) is 10.9 Å². The number of hydrogen-bond acceptors (Lipinski definition) is 3. The number of nitrogens with zero attached hydrogens (tertiary/aromatic N) is 1. The molecule has 0 aromatic heterocycles. The van der Waals surface area contributed by atoms with Gasteiger partial charge in [-0.05, 0) is 6.42 Å². The predicted octanol–water partition coefficient (Wildman–Crippen LogP) is 1.05. The predicted molar refractivity (Wildman–Crippen MR) is 46.2 cm³/mol. The fourth-order valence-electron chi connectivity index (χ4n) is 0.916. The van der Waals surface area contributed by atoms with Gasteiger partial charge < -0.3 is 16.3 Å². The van der Waals surface area contributed by atoms with Gasteiger partial charge in [-0.1, -0.05) is 12.1 Å². The largest absolute Gasteiger partial charge is 0.409 e. The van der Waals surface area contributed by atoms with E-state index in [1.54, 1.807) is 6.92 Å². The quantitative estimate of drug-likeness (QED) is 0.277. The van der Waals surface area contributed by atoms with Crippen LogP contribution in [0.2, 0.25) is 0 Å². The summed E-state index contributed by atoms with van der Waals surface area (Å²) < 4.78 is 35.2. The van der Waals surface area contributed by atoms with Crippen LogP contribution in [0.4, 0.5) is 13.2 Å². The lowest BCUT2D eigenvalue weighted by molar-refractivity contribution is -0.133. The van der Waals surface area contributed by atoms with Gasteiger partial charge in [0.15, 0.2) is 5.84 Å². The molecule has 4 N–H and O–H groups in total. The van der Waals surface area contributed by atoms with E-state index >= 15 is 0 Å². The Kier molecular flexibility index (Phi) is 5.29. The molecular weight excluding hydrogens is 199 g/mol. The highest BCUT2D eigenvalue weighted by Crippen LogP contribution is 2.18. The first-order valence-electron chi connectivity index (χ1n) is 4.18. The summed E-state index contributed by atoms with van der Waals surface area (Å²) in [6.45, 7) is 1.49. The lowest BCUT2D eigenvalue weighted by Crippen LogP contribution is -2.42. The molecule has 0 aliphatic carbocycles. The van der Waals surface area contributed by atoms with Crippen molar-refractivity contribution in [2.24, 2.45) is 10.9 Å². The van der Waals surface area contributed by atoms with Crippen molar-refractivity contribution in [2.75, 3.05) is 6.54 Å². The van der Waals surface area contributed by atoms with Gasteiger partial charge in [0, 0.05) is 6.54 Å². The second-order valence-corrected chi connectivity index (χ2v) is 2.81. The van der Waals surface area contributed by atoms with Crippen molar-refractivity contribution >= 4 is 5.84 Å². The normalized spacial score (nSPS) is 15.6. The maximum atomic E-state index is 11.7. The summed E-state index contributed by atoms with van der Waals surface area (Å²) in [6, 6.07) is -0.512. The van der Waals surface area contributed by atoms with Crippen molar-refractivity contribution in [1.29, 1.82) is 0 Å². The van der Waals surface area contributed by atoms with E-state index in [-0.39, 0.29) is 12.4 Å². The molecule has 0 saturated carbocycles. The Balaban J connectivity index is 3.86. The Morgan fingerprint density at radius 3 is 2.50 bits per heavy atom. The second-order valence-electron chi connectivity index (χ2n) is 2.81. The Morgan fingerprint density at radius 1 is 1.57 bits per heavy atom. The van der Waals surface area contributed by atoms with E-state index in [1.807, 2.05) is 0 Å². The van der Waals surface area contributed by atoms with Crippen LogP contribution in [-0.2, 0) is 0 Å². The number of rotatable bonds is 5. The SMILES string of the molecule is CCC(NCCC(F)(F)F)C(N)=NO. The molecule has 14 heavy (non-hydrogen) atoms. The number of hydrogen-bond donors (Lipinski definition) is 3. The van der Waals surface area contributed by atoms with Gasteiger partial charge in [-0.25, -0.2) is 0 Å². The van der Waals surface area contributed by atoms with Crippen molar-refractivity contribution in [3.8, 4) is 0 Å². The molecule has 0 spiro atoms. The zero-order chi connectivity index (χ0) is 11.2. The van der Waals surface area contributed by atoms with Gasteiger partial charge in [0.05, 0.1) is 12.5 Å². The molecule has 0 aliphatic heterocycles. The molecule has 7 heteroatoms. The number of nitrogens with one attached hydrogen (secondary N) is 1. The number of nitrogens with two attached hydrogens (primary N) is 1. The molecule has 1 atom stereocenters. The first-order chi connectivity index (χ1) is 6.40. The van der Waals surface area contributed by atoms with Crippen molar-refractivity contribution in [3.63, 3.8) is 0 Å². The monoisotopic (exact) mass is 213 g/mol. The second kappa shape index (κ2) is 5.69. The molecule has 0 aromatic carbocycles. The Bertz CT molecular complexity index is 193. The fourth-order valence-corrected chi connectivity index (χ4v) is 0.916. The van der Waals surface area contributed by atoms with Gasteiger partial charge >= 0.3 is 6.18 Å². The number of alkyl halides is 3. The van der Waals surface area contributed by atoms with E-state index in [2.05, 4.69) is 10.5 Å². The van der Waals surface area contributed by atoms with Gasteiger partial charge in [-0.15, -0.1) is 0 Å². The van der Waals surface area contributed by atoms with E-state index < -0.39 is 18.6 Å². The summed E-state index contributed by atoms with van der Waals surface area (Å²) >= 11 is 0. The standard InChI is InChI=1S/C7H14F3N3O/c1-2-5(6(11)13-14)12-4-3-7(8,9)10/h5,12,14H,2-4H2,1H3,(H2,11,13). The molecule has 0 aromatic rings. The smallest absolute Gasteiger partial charge is 0.390 e. The number of halogens is 3. The highest BCUT2D eigenvalue weighted by Gasteiger charge is 2.26. The van der Waals surface area contributed by atoms with E-state index in [0.717, 1.165) is 0 Å². The maximum Gasteiger partial charge on any atom is 0.390 e. The topological polar surface area (TPSA) is 70.6 Å². The average molecular weight is 213 g/mol. The number of amidine groups is 1. The van der Waals surface area contributed by atoms with E-state index in [0.29, 0.717) is 6.42 Å². The fraction of sp³-hybridized carbons (Fsp3) is 0.857. The Morgan fingerprint density at radius 2 is 2.14 bits per heavy atom. The van der Waals surface area contributed by atoms with Gasteiger partial charge in [-0.3, -0.25) is 0 Å². The van der Waals surface area contributed by atoms with E-state index in [1.165, 1.54) is 0 Å². The summed E-state index contributed by atoms with van der Waals surface area (Å²) in [7, 11) is 0. The molecule has 0 amide bonds. The van der Waals surface area contributed by atoms with Crippen LogP contribution in [0.5, 0.6) is 0 Å². The molecule has 0 bridgehead atoms. The first kappa shape index (κ1) is 13.0. The van der Waals surface area contributed by atoms with Gasteiger partial charge in [0.2, 0.25) is 0 Å². The summed E-state index contributed by atoms with van der Waals surface area (Å²) in [5.74, 6) is -0.102. The molecule has 0 aliphatic rings. The van der Waals surface area contributed by atoms with Crippen LogP contribution in [0.15, 0.2) is 5.16 Å². The minimum absolute atomic E-state index is 0.102. The molecule has 1 unspecified atom stereocenters. The van der Waals surface area contributed by atoms with Crippen molar-refractivity contribution in [1.82, 2.24) is 5.32 Å². The first-order valence-corrected chi connectivity index (χ1v) is 4.18. The number of oxime groups is 1. The van der Waals surface area contributed by atoms with Gasteiger partial charge in [-0.2, -0.15) is 13.2 Å². The van der Waals surface area contributed by atoms with Gasteiger partial charge in [0.1, 0.15) is 0 Å². The highest BCUT2D eigenvalue weighted by molar-refractivity contribution is 5.85. The van der Waals surface area contributed by atoms with Crippen LogP contribution in [0.25, 0.3) is 0 Å². The molecule has 4 nitrogen and oxygen atoms in total. The summed E-state index contributed by atoms with van der Waals surface area (Å²) in [5, 5.41) is 13.6. The molecular formula is C7H14F3N3O. The lowest BCUT2D eigenvalue weighted by atomic mass is 10.2. The van der Waals surface area contributed by atoms with Crippen LogP contribution < -0.4 is 11.1 Å². The van der Waals surface area contributed by atoms with Crippen molar-refractivity contribution in [3.05, 3.63) is 0 Å². The molecule has 0 radical (unpaired) electrons. The van der Waals surface area contributed by atoms with Crippen LogP contribution in [-0.4, -0.2) is 29.8 Å². The zero-order valence-corrected chi connectivity index (χ0v) is 7.80. The molecule has 0 fully saturated rings. The zero-order valence-electron chi connectivity index (χ0n) is 7.80. The maximum absolute atomic E-state index is 11.7. The Hall–Kier alpha value is -0.980. The third-order valence-electron chi connectivity index (χ3n) is 1.68. The van der Waals surface area contributed by atoms with Crippen LogP contribution in [0.1, 0.15) is 19.8 Å². The minimum atomic E-state index is -4.18. The van der Waals surface area contributed by atoms with Crippen molar-refractivity contribution < 1.29 is 18.4 Å². The van der Waals surface area contributed by atoms with Crippen molar-refractivity contribution in [2.45, 2.75) is 32.0 Å². The molecule has 0 saturated heterocycles. The summed E-state index contributed by atoms with van der Waals surface area (Å²) in [4.78, 5) is 0. The summed E-state index contributed by atoms with van der Waals surface area (Å²) in [5.41, 5.74) is 5.23.